The molecule has 0 amide bonds. The van der Waals surface area contributed by atoms with Gasteiger partial charge < -0.3 is 14.9 Å². The molecule has 0 atom stereocenters. The summed E-state index contributed by atoms with van der Waals surface area (Å²) in [6, 6.07) is 0. The van der Waals surface area contributed by atoms with E-state index in [1.165, 1.54) is 0 Å². The van der Waals surface area contributed by atoms with Crippen molar-refractivity contribution >= 4 is 6.16 Å². The van der Waals surface area contributed by atoms with Crippen LogP contribution in [0.15, 0.2) is 0 Å². The number of aliphatic hydroxyl groups excluding tert-OH is 1. The fourth-order valence-corrected chi connectivity index (χ4v) is 0.304. The fourth-order valence-electron chi connectivity index (χ4n) is 0.304. The molecule has 0 spiro atoms. The van der Waals surface area contributed by atoms with Crippen LogP contribution in [0.1, 0.15) is 19.8 Å². The van der Waals surface area contributed by atoms with Crippen LogP contribution in [0.2, 0.25) is 0 Å². The number of carbonyl (C=O) groups is 1. The summed E-state index contributed by atoms with van der Waals surface area (Å²) in [6.45, 7) is 2.30. The molecule has 0 bridgehead atoms. The number of hydrogen-bond donors (Lipinski definition) is 2. The lowest BCUT2D eigenvalue weighted by Crippen LogP contribution is -2.00. The van der Waals surface area contributed by atoms with Crippen LogP contribution >= 0.6 is 0 Å². The number of aliphatic hydroxyl groups is 1. The first kappa shape index (κ1) is 12.0. The monoisotopic (exact) mass is 150 g/mol. The fraction of sp³-hybridized carbons (Fsp3) is 0.833. The van der Waals surface area contributed by atoms with Crippen LogP contribution in [0.3, 0.4) is 0 Å². The molecular weight excluding hydrogens is 136 g/mol. The molecule has 62 valence electrons. The minimum absolute atomic E-state index is 0.325. The Hall–Kier alpha value is -0.770. The van der Waals surface area contributed by atoms with Gasteiger partial charge in [-0.1, -0.05) is 13.3 Å². The standard InChI is InChI=1S/C5H10O3.CH4O/c1-2-3-4-8-5(6)7;1-2/h2-4H2,1H3,(H,6,7);2H,1H3. The van der Waals surface area contributed by atoms with Gasteiger partial charge in [-0.2, -0.15) is 0 Å². The van der Waals surface area contributed by atoms with E-state index >= 15 is 0 Å². The number of ether oxygens (including phenoxy) is 1. The number of hydrogen-bond acceptors (Lipinski definition) is 3. The van der Waals surface area contributed by atoms with Crippen molar-refractivity contribution in [2.45, 2.75) is 19.8 Å². The summed E-state index contributed by atoms with van der Waals surface area (Å²) in [6.07, 6.45) is 0.595. The van der Waals surface area contributed by atoms with E-state index in [9.17, 15) is 4.79 Å². The van der Waals surface area contributed by atoms with Crippen molar-refractivity contribution in [1.29, 1.82) is 0 Å². The van der Waals surface area contributed by atoms with Crippen LogP contribution in [0, 0.1) is 0 Å². The zero-order chi connectivity index (χ0) is 8.41. The topological polar surface area (TPSA) is 66.8 Å². The highest BCUT2D eigenvalue weighted by molar-refractivity contribution is 5.56. The van der Waals surface area contributed by atoms with Crippen molar-refractivity contribution < 1.29 is 19.7 Å². The number of rotatable bonds is 3. The molecule has 0 saturated carbocycles. The number of unbranched alkanes of at least 4 members (excludes halogenated alkanes) is 1. The Morgan fingerprint density at radius 3 is 2.30 bits per heavy atom. The predicted octanol–water partition coefficient (Wildman–Crippen LogP) is 1.09. The molecule has 4 heteroatoms. The third-order valence-corrected chi connectivity index (χ3v) is 0.723. The van der Waals surface area contributed by atoms with Gasteiger partial charge in [0.2, 0.25) is 0 Å². The molecule has 0 aromatic carbocycles. The third kappa shape index (κ3) is 15.7. The molecular formula is C6H14O4. The molecule has 4 nitrogen and oxygen atoms in total. The van der Waals surface area contributed by atoms with Gasteiger partial charge in [0.25, 0.3) is 0 Å². The molecule has 0 aliphatic carbocycles. The quantitative estimate of drug-likeness (QED) is 0.466. The van der Waals surface area contributed by atoms with Crippen molar-refractivity contribution in [3.05, 3.63) is 0 Å². The first-order valence-electron chi connectivity index (χ1n) is 3.07. The van der Waals surface area contributed by atoms with Crippen LogP contribution in [-0.4, -0.2) is 30.1 Å². The second-order valence-electron chi connectivity index (χ2n) is 1.47. The van der Waals surface area contributed by atoms with E-state index in [0.717, 1.165) is 20.0 Å². The zero-order valence-corrected chi connectivity index (χ0v) is 6.33. The molecule has 0 aliphatic heterocycles. The van der Waals surface area contributed by atoms with E-state index < -0.39 is 6.16 Å². The van der Waals surface area contributed by atoms with Crippen molar-refractivity contribution in [1.82, 2.24) is 0 Å². The van der Waals surface area contributed by atoms with E-state index in [-0.39, 0.29) is 0 Å². The summed E-state index contributed by atoms with van der Waals surface area (Å²) in [5.41, 5.74) is 0. The van der Waals surface area contributed by atoms with Gasteiger partial charge in [0.15, 0.2) is 0 Å². The normalized spacial score (nSPS) is 7.50. The van der Waals surface area contributed by atoms with Crippen LogP contribution in [0.5, 0.6) is 0 Å². The Morgan fingerprint density at radius 1 is 1.50 bits per heavy atom. The molecule has 2 N–H and O–H groups in total. The molecule has 0 aromatic rings. The molecule has 0 rings (SSSR count). The first-order valence-corrected chi connectivity index (χ1v) is 3.07. The Balaban J connectivity index is 0. The highest BCUT2D eigenvalue weighted by Gasteiger charge is 1.91. The lowest BCUT2D eigenvalue weighted by Gasteiger charge is -1.94. The van der Waals surface area contributed by atoms with Gasteiger partial charge in [-0.15, -0.1) is 0 Å². The summed E-state index contributed by atoms with van der Waals surface area (Å²) >= 11 is 0. The number of carboxylic acid groups (broad SMARTS) is 1. The SMILES string of the molecule is CCCCOC(=O)O.CO. The molecule has 10 heavy (non-hydrogen) atoms. The molecule has 0 heterocycles. The zero-order valence-electron chi connectivity index (χ0n) is 6.33. The average molecular weight is 150 g/mol. The second kappa shape index (κ2) is 11.1. The lowest BCUT2D eigenvalue weighted by molar-refractivity contribution is 0.0905. The molecule has 0 fully saturated rings. The van der Waals surface area contributed by atoms with Crippen LogP contribution in [0.4, 0.5) is 4.79 Å². The summed E-state index contributed by atoms with van der Waals surface area (Å²) in [5, 5.41) is 14.9. The lowest BCUT2D eigenvalue weighted by atomic mass is 10.4. The minimum Gasteiger partial charge on any atom is -0.450 e. The highest BCUT2D eigenvalue weighted by Crippen LogP contribution is 1.86. The average Bonchev–Trinajstić information content (AvgIpc) is 1.92. The Morgan fingerprint density at radius 2 is 2.00 bits per heavy atom. The van der Waals surface area contributed by atoms with Crippen molar-refractivity contribution in [3.8, 4) is 0 Å². The summed E-state index contributed by atoms with van der Waals surface area (Å²) in [4.78, 5) is 9.65. The maximum absolute atomic E-state index is 9.65. The van der Waals surface area contributed by atoms with E-state index in [0.29, 0.717) is 6.61 Å². The van der Waals surface area contributed by atoms with Crippen molar-refractivity contribution in [2.75, 3.05) is 13.7 Å². The van der Waals surface area contributed by atoms with E-state index in [4.69, 9.17) is 10.2 Å². The van der Waals surface area contributed by atoms with E-state index in [1.54, 1.807) is 0 Å². The van der Waals surface area contributed by atoms with E-state index in [2.05, 4.69) is 4.74 Å². The van der Waals surface area contributed by atoms with Crippen molar-refractivity contribution in [3.63, 3.8) is 0 Å². The summed E-state index contributed by atoms with van der Waals surface area (Å²) in [5.74, 6) is 0. The van der Waals surface area contributed by atoms with Crippen LogP contribution in [-0.2, 0) is 4.74 Å². The summed E-state index contributed by atoms with van der Waals surface area (Å²) in [7, 11) is 1.00. The minimum atomic E-state index is -1.18. The summed E-state index contributed by atoms with van der Waals surface area (Å²) < 4.78 is 4.20. The third-order valence-electron chi connectivity index (χ3n) is 0.723. The van der Waals surface area contributed by atoms with E-state index in [1.807, 2.05) is 6.92 Å². The molecule has 0 radical (unpaired) electrons. The van der Waals surface area contributed by atoms with Crippen LogP contribution in [0.25, 0.3) is 0 Å². The van der Waals surface area contributed by atoms with Gasteiger partial charge in [-0.3, -0.25) is 0 Å². The smallest absolute Gasteiger partial charge is 0.450 e. The maximum atomic E-state index is 9.65. The van der Waals surface area contributed by atoms with Gasteiger partial charge in [0.1, 0.15) is 0 Å². The van der Waals surface area contributed by atoms with Gasteiger partial charge in [-0.25, -0.2) is 4.79 Å². The van der Waals surface area contributed by atoms with Gasteiger partial charge in [0, 0.05) is 7.11 Å². The van der Waals surface area contributed by atoms with Gasteiger partial charge in [-0.05, 0) is 6.42 Å². The van der Waals surface area contributed by atoms with Crippen LogP contribution < -0.4 is 0 Å². The molecule has 0 aliphatic rings. The predicted molar refractivity (Wildman–Crippen MR) is 37.0 cm³/mol. The Kier molecular flexibility index (Phi) is 13.3. The molecule has 0 unspecified atom stereocenters. The Labute approximate surface area is 60.4 Å². The highest BCUT2D eigenvalue weighted by atomic mass is 16.7. The molecule has 0 saturated heterocycles. The Bertz CT molecular complexity index is 72.1. The van der Waals surface area contributed by atoms with Gasteiger partial charge in [0.05, 0.1) is 6.61 Å². The van der Waals surface area contributed by atoms with Gasteiger partial charge >= 0.3 is 6.16 Å². The largest absolute Gasteiger partial charge is 0.505 e. The first-order chi connectivity index (χ1) is 4.77. The second-order valence-corrected chi connectivity index (χ2v) is 1.47. The van der Waals surface area contributed by atoms with Crippen molar-refractivity contribution in [2.24, 2.45) is 0 Å². The maximum Gasteiger partial charge on any atom is 0.505 e. The molecule has 0 aromatic heterocycles.